The van der Waals surface area contributed by atoms with Crippen LogP contribution in [-0.4, -0.2) is 46.8 Å². The third-order valence-electron chi connectivity index (χ3n) is 4.63. The highest BCUT2D eigenvalue weighted by atomic mass is 16.5. The predicted molar refractivity (Wildman–Crippen MR) is 74.3 cm³/mol. The van der Waals surface area contributed by atoms with Crippen molar-refractivity contribution in [1.29, 1.82) is 0 Å². The van der Waals surface area contributed by atoms with E-state index in [-0.39, 0.29) is 12.0 Å². The van der Waals surface area contributed by atoms with Gasteiger partial charge in [0.25, 0.3) is 0 Å². The number of hydrogen-bond acceptors (Lipinski definition) is 3. The van der Waals surface area contributed by atoms with Crippen LogP contribution in [0, 0.1) is 0 Å². The van der Waals surface area contributed by atoms with Gasteiger partial charge >= 0.3 is 5.97 Å². The molecule has 1 atom stereocenters. The summed E-state index contributed by atoms with van der Waals surface area (Å²) in [6.45, 7) is 5.76. The van der Waals surface area contributed by atoms with Crippen LogP contribution in [0.5, 0.6) is 0 Å². The zero-order valence-electron chi connectivity index (χ0n) is 12.2. The fourth-order valence-corrected chi connectivity index (χ4v) is 3.47. The van der Waals surface area contributed by atoms with E-state index in [1.807, 2.05) is 0 Å². The van der Waals surface area contributed by atoms with Gasteiger partial charge in [0.2, 0.25) is 0 Å². The summed E-state index contributed by atoms with van der Waals surface area (Å²) in [5.74, 6) is -0.717. The van der Waals surface area contributed by atoms with Gasteiger partial charge in [0.15, 0.2) is 0 Å². The average molecular weight is 269 g/mol. The largest absolute Gasteiger partial charge is 0.481 e. The predicted octanol–water partition coefficient (Wildman–Crippen LogP) is 2.66. The minimum absolute atomic E-state index is 0.181. The van der Waals surface area contributed by atoms with Crippen molar-refractivity contribution in [2.45, 2.75) is 76.5 Å². The molecule has 1 aliphatic carbocycles. The van der Waals surface area contributed by atoms with E-state index in [4.69, 9.17) is 9.84 Å². The molecule has 1 heterocycles. The van der Waals surface area contributed by atoms with Gasteiger partial charge in [-0.2, -0.15) is 0 Å². The maximum atomic E-state index is 10.7. The Kier molecular flexibility index (Phi) is 4.85. The minimum atomic E-state index is -0.717. The summed E-state index contributed by atoms with van der Waals surface area (Å²) in [7, 11) is 0. The van der Waals surface area contributed by atoms with Crippen LogP contribution in [0.1, 0.15) is 58.8 Å². The molecule has 2 rings (SSSR count). The van der Waals surface area contributed by atoms with E-state index in [1.54, 1.807) is 0 Å². The Balaban J connectivity index is 1.82. The average Bonchev–Trinajstić information content (AvgIpc) is 2.95. The lowest BCUT2D eigenvalue weighted by Gasteiger charge is -2.30. The van der Waals surface area contributed by atoms with Crippen LogP contribution in [0.4, 0.5) is 0 Å². The quantitative estimate of drug-likeness (QED) is 0.805. The number of ether oxygens (including phenoxy) is 1. The molecule has 0 aromatic rings. The Labute approximate surface area is 116 Å². The molecule has 1 saturated heterocycles. The SMILES string of the molecule is CC(C)N(CCC(=O)O)CC1CCC2(CCCC2)O1. The molecule has 2 fully saturated rings. The van der Waals surface area contributed by atoms with Crippen LogP contribution >= 0.6 is 0 Å². The van der Waals surface area contributed by atoms with E-state index in [1.165, 1.54) is 32.1 Å². The second-order valence-corrected chi connectivity index (χ2v) is 6.40. The van der Waals surface area contributed by atoms with Gasteiger partial charge in [-0.05, 0) is 39.5 Å². The normalized spacial score (nSPS) is 25.8. The molecule has 1 unspecified atom stereocenters. The van der Waals surface area contributed by atoms with Crippen LogP contribution < -0.4 is 0 Å². The molecule has 2 aliphatic rings. The molecular weight excluding hydrogens is 242 g/mol. The fourth-order valence-electron chi connectivity index (χ4n) is 3.47. The highest BCUT2D eigenvalue weighted by Crippen LogP contribution is 2.43. The first kappa shape index (κ1) is 14.8. The monoisotopic (exact) mass is 269 g/mol. The van der Waals surface area contributed by atoms with Crippen LogP contribution in [-0.2, 0) is 9.53 Å². The van der Waals surface area contributed by atoms with Crippen molar-refractivity contribution in [3.63, 3.8) is 0 Å². The molecule has 1 spiro atoms. The molecule has 0 bridgehead atoms. The molecule has 1 saturated carbocycles. The first-order chi connectivity index (χ1) is 9.01. The first-order valence-corrected chi connectivity index (χ1v) is 7.64. The lowest BCUT2D eigenvalue weighted by Crippen LogP contribution is -2.39. The molecule has 1 N–H and O–H groups in total. The Morgan fingerprint density at radius 1 is 1.37 bits per heavy atom. The molecule has 0 amide bonds. The number of nitrogens with zero attached hydrogens (tertiary/aromatic N) is 1. The van der Waals surface area contributed by atoms with Crippen molar-refractivity contribution in [1.82, 2.24) is 4.90 Å². The van der Waals surface area contributed by atoms with Gasteiger partial charge in [0.1, 0.15) is 0 Å². The van der Waals surface area contributed by atoms with E-state index in [9.17, 15) is 4.79 Å². The summed E-state index contributed by atoms with van der Waals surface area (Å²) >= 11 is 0. The standard InChI is InChI=1S/C15H27NO3/c1-12(2)16(10-6-14(17)18)11-13-5-9-15(19-13)7-3-4-8-15/h12-13H,3-11H2,1-2H3,(H,17,18). The van der Waals surface area contributed by atoms with Gasteiger partial charge in [-0.25, -0.2) is 0 Å². The smallest absolute Gasteiger partial charge is 0.304 e. The van der Waals surface area contributed by atoms with E-state index < -0.39 is 5.97 Å². The zero-order chi connectivity index (χ0) is 13.9. The number of aliphatic carboxylic acids is 1. The topological polar surface area (TPSA) is 49.8 Å². The van der Waals surface area contributed by atoms with Crippen molar-refractivity contribution in [2.24, 2.45) is 0 Å². The zero-order valence-corrected chi connectivity index (χ0v) is 12.2. The second-order valence-electron chi connectivity index (χ2n) is 6.40. The van der Waals surface area contributed by atoms with Gasteiger partial charge in [-0.1, -0.05) is 12.8 Å². The van der Waals surface area contributed by atoms with E-state index in [2.05, 4.69) is 18.7 Å². The van der Waals surface area contributed by atoms with E-state index in [0.29, 0.717) is 18.7 Å². The molecule has 19 heavy (non-hydrogen) atoms. The third-order valence-corrected chi connectivity index (χ3v) is 4.63. The van der Waals surface area contributed by atoms with Crippen molar-refractivity contribution < 1.29 is 14.6 Å². The molecule has 0 radical (unpaired) electrons. The first-order valence-electron chi connectivity index (χ1n) is 7.64. The van der Waals surface area contributed by atoms with Crippen molar-refractivity contribution in [3.8, 4) is 0 Å². The number of rotatable bonds is 6. The molecule has 0 aromatic carbocycles. The maximum Gasteiger partial charge on any atom is 0.304 e. The Morgan fingerprint density at radius 2 is 2.05 bits per heavy atom. The van der Waals surface area contributed by atoms with Gasteiger partial charge in [-0.3, -0.25) is 9.69 Å². The van der Waals surface area contributed by atoms with Crippen LogP contribution in [0.3, 0.4) is 0 Å². The second kappa shape index (κ2) is 6.23. The third kappa shape index (κ3) is 3.93. The van der Waals surface area contributed by atoms with Gasteiger partial charge in [0.05, 0.1) is 18.1 Å². The molecule has 1 aliphatic heterocycles. The lowest BCUT2D eigenvalue weighted by molar-refractivity contribution is -0.137. The Hall–Kier alpha value is -0.610. The maximum absolute atomic E-state index is 10.7. The molecule has 4 nitrogen and oxygen atoms in total. The van der Waals surface area contributed by atoms with Gasteiger partial charge in [0, 0.05) is 19.1 Å². The Morgan fingerprint density at radius 3 is 2.63 bits per heavy atom. The van der Waals surface area contributed by atoms with Crippen molar-refractivity contribution in [2.75, 3.05) is 13.1 Å². The summed E-state index contributed by atoms with van der Waals surface area (Å²) in [5.41, 5.74) is 0.181. The summed E-state index contributed by atoms with van der Waals surface area (Å²) in [5, 5.41) is 8.81. The molecule has 0 aromatic heterocycles. The highest BCUT2D eigenvalue weighted by Gasteiger charge is 2.42. The van der Waals surface area contributed by atoms with Crippen LogP contribution in [0.2, 0.25) is 0 Å². The Bertz CT molecular complexity index is 311. The number of carboxylic acid groups (broad SMARTS) is 1. The molecular formula is C15H27NO3. The number of carbonyl (C=O) groups is 1. The lowest BCUT2D eigenvalue weighted by atomic mass is 9.98. The van der Waals surface area contributed by atoms with Gasteiger partial charge < -0.3 is 9.84 Å². The van der Waals surface area contributed by atoms with Crippen molar-refractivity contribution >= 4 is 5.97 Å². The number of hydrogen-bond donors (Lipinski definition) is 1. The summed E-state index contributed by atoms with van der Waals surface area (Å²) in [4.78, 5) is 13.0. The van der Waals surface area contributed by atoms with E-state index >= 15 is 0 Å². The summed E-state index contributed by atoms with van der Waals surface area (Å²) in [6, 6.07) is 0.378. The summed E-state index contributed by atoms with van der Waals surface area (Å²) in [6.07, 6.45) is 7.91. The molecule has 110 valence electrons. The van der Waals surface area contributed by atoms with Crippen LogP contribution in [0.25, 0.3) is 0 Å². The van der Waals surface area contributed by atoms with E-state index in [0.717, 1.165) is 13.0 Å². The minimum Gasteiger partial charge on any atom is -0.481 e. The van der Waals surface area contributed by atoms with Crippen LogP contribution in [0.15, 0.2) is 0 Å². The highest BCUT2D eigenvalue weighted by molar-refractivity contribution is 5.66. The fraction of sp³-hybridized carbons (Fsp3) is 0.933. The molecule has 4 heteroatoms. The van der Waals surface area contributed by atoms with Gasteiger partial charge in [-0.15, -0.1) is 0 Å². The van der Waals surface area contributed by atoms with Crippen molar-refractivity contribution in [3.05, 3.63) is 0 Å². The number of carboxylic acids is 1. The summed E-state index contributed by atoms with van der Waals surface area (Å²) < 4.78 is 6.31.